The number of esters is 1. The molecule has 2 aromatic rings. The zero-order chi connectivity index (χ0) is 24.8. The van der Waals surface area contributed by atoms with Crippen LogP contribution in [0.4, 0.5) is 0 Å². The summed E-state index contributed by atoms with van der Waals surface area (Å²) in [6.07, 6.45) is 4.73. The van der Waals surface area contributed by atoms with Gasteiger partial charge in [0.15, 0.2) is 16.3 Å². The lowest BCUT2D eigenvalue weighted by Gasteiger charge is -2.34. The second-order valence-electron chi connectivity index (χ2n) is 8.86. The molecule has 9 heteroatoms. The third kappa shape index (κ3) is 7.42. The minimum absolute atomic E-state index is 0.0391. The summed E-state index contributed by atoms with van der Waals surface area (Å²) in [6, 6.07) is 1.84. The molecule has 0 aliphatic carbocycles. The zero-order valence-corrected chi connectivity index (χ0v) is 22.9. The van der Waals surface area contributed by atoms with Crippen LogP contribution in [0.3, 0.4) is 0 Å². The standard InChI is InChI=1S/C24H32ClIN2O5/c1-7-32-23(30)17-14-28(13-15(2)20(17)29)19(24(3,4)5)12-16-11-18(21(25)27-22(16)26)33-10-8-9-31-6/h11,13-14,19H,7-10,12H2,1-6H3/t19-/m0/s1. The number of ether oxygens (including phenoxy) is 3. The molecule has 33 heavy (non-hydrogen) atoms. The minimum Gasteiger partial charge on any atom is -0.490 e. The van der Waals surface area contributed by atoms with Gasteiger partial charge in [0.1, 0.15) is 9.26 Å². The Hall–Kier alpha value is -1.65. The number of pyridine rings is 2. The van der Waals surface area contributed by atoms with Crippen LogP contribution in [-0.4, -0.2) is 42.5 Å². The van der Waals surface area contributed by atoms with Crippen LogP contribution in [0.2, 0.25) is 5.15 Å². The van der Waals surface area contributed by atoms with E-state index in [1.165, 1.54) is 0 Å². The highest BCUT2D eigenvalue weighted by Crippen LogP contribution is 2.36. The highest BCUT2D eigenvalue weighted by molar-refractivity contribution is 14.1. The molecule has 0 saturated heterocycles. The summed E-state index contributed by atoms with van der Waals surface area (Å²) in [6.45, 7) is 11.1. The molecule has 0 aliphatic rings. The van der Waals surface area contributed by atoms with Crippen LogP contribution in [0.25, 0.3) is 0 Å². The van der Waals surface area contributed by atoms with Gasteiger partial charge in [-0.1, -0.05) is 32.4 Å². The van der Waals surface area contributed by atoms with Gasteiger partial charge < -0.3 is 18.8 Å². The van der Waals surface area contributed by atoms with Gasteiger partial charge in [0.05, 0.1) is 13.2 Å². The molecule has 0 aromatic carbocycles. The van der Waals surface area contributed by atoms with Crippen molar-refractivity contribution in [2.45, 2.75) is 53.5 Å². The monoisotopic (exact) mass is 590 g/mol. The van der Waals surface area contributed by atoms with Gasteiger partial charge in [-0.25, -0.2) is 9.78 Å². The number of hydrogen-bond donors (Lipinski definition) is 0. The predicted molar refractivity (Wildman–Crippen MR) is 138 cm³/mol. The summed E-state index contributed by atoms with van der Waals surface area (Å²) < 4.78 is 18.7. The number of carbonyl (C=O) groups is 1. The second kappa shape index (κ2) is 12.2. The Morgan fingerprint density at radius 2 is 1.97 bits per heavy atom. The van der Waals surface area contributed by atoms with Gasteiger partial charge in [-0.3, -0.25) is 4.79 Å². The number of aromatic nitrogens is 2. The van der Waals surface area contributed by atoms with Crippen molar-refractivity contribution in [2.24, 2.45) is 5.41 Å². The molecule has 0 spiro atoms. The van der Waals surface area contributed by atoms with Crippen molar-refractivity contribution in [3.8, 4) is 5.75 Å². The van der Waals surface area contributed by atoms with E-state index in [0.717, 1.165) is 15.7 Å². The maximum Gasteiger partial charge on any atom is 0.343 e. The fourth-order valence-corrected chi connectivity index (χ4v) is 4.41. The van der Waals surface area contributed by atoms with Crippen molar-refractivity contribution >= 4 is 40.2 Å². The number of methoxy groups -OCH3 is 1. The van der Waals surface area contributed by atoms with Gasteiger partial charge in [-0.2, -0.15) is 0 Å². The van der Waals surface area contributed by atoms with Crippen molar-refractivity contribution < 1.29 is 19.0 Å². The number of aryl methyl sites for hydroxylation is 1. The van der Waals surface area contributed by atoms with E-state index >= 15 is 0 Å². The van der Waals surface area contributed by atoms with Gasteiger partial charge in [0, 0.05) is 44.1 Å². The number of hydrogen-bond acceptors (Lipinski definition) is 6. The highest BCUT2D eigenvalue weighted by Gasteiger charge is 2.29. The molecular formula is C24H32ClIN2O5. The molecule has 0 radical (unpaired) electrons. The third-order valence-corrected chi connectivity index (χ3v) is 6.42. The molecule has 2 aromatic heterocycles. The Bertz CT molecular complexity index is 1030. The molecule has 0 amide bonds. The highest BCUT2D eigenvalue weighted by atomic mass is 127. The van der Waals surface area contributed by atoms with Crippen LogP contribution in [0.5, 0.6) is 5.75 Å². The molecule has 1 atom stereocenters. The summed E-state index contributed by atoms with van der Waals surface area (Å²) in [5.74, 6) is -0.0822. The Morgan fingerprint density at radius 3 is 2.58 bits per heavy atom. The van der Waals surface area contributed by atoms with Crippen LogP contribution in [0.15, 0.2) is 23.3 Å². The molecule has 0 fully saturated rings. The Labute approximate surface area is 213 Å². The van der Waals surface area contributed by atoms with Crippen LogP contribution >= 0.6 is 34.2 Å². The zero-order valence-electron chi connectivity index (χ0n) is 20.0. The maximum absolute atomic E-state index is 12.6. The fourth-order valence-electron chi connectivity index (χ4n) is 3.46. The first-order valence-corrected chi connectivity index (χ1v) is 12.3. The van der Waals surface area contributed by atoms with E-state index in [1.54, 1.807) is 33.4 Å². The quantitative estimate of drug-likeness (QED) is 0.163. The summed E-state index contributed by atoms with van der Waals surface area (Å²) in [7, 11) is 1.65. The topological polar surface area (TPSA) is 79.7 Å². The van der Waals surface area contributed by atoms with Gasteiger partial charge in [-0.15, -0.1) is 0 Å². The van der Waals surface area contributed by atoms with Crippen LogP contribution < -0.4 is 10.2 Å². The lowest BCUT2D eigenvalue weighted by Crippen LogP contribution is -2.30. The number of rotatable bonds is 10. The Kier molecular flexibility index (Phi) is 10.2. The first-order valence-electron chi connectivity index (χ1n) is 10.9. The average molecular weight is 591 g/mol. The fraction of sp³-hybridized carbons (Fsp3) is 0.542. The third-order valence-electron chi connectivity index (χ3n) is 5.21. The Balaban J connectivity index is 2.46. The molecule has 0 aliphatic heterocycles. The van der Waals surface area contributed by atoms with Crippen molar-refractivity contribution in [2.75, 3.05) is 26.9 Å². The normalized spacial score (nSPS) is 12.5. The van der Waals surface area contributed by atoms with E-state index in [4.69, 9.17) is 25.8 Å². The molecule has 2 rings (SSSR count). The lowest BCUT2D eigenvalue weighted by atomic mass is 9.82. The summed E-state index contributed by atoms with van der Waals surface area (Å²) in [5.41, 5.74) is 0.982. The lowest BCUT2D eigenvalue weighted by molar-refractivity contribution is 0.0522. The molecule has 0 bridgehead atoms. The SMILES string of the molecule is CCOC(=O)c1cn([C@@H](Cc2cc(OCCCOC)c(Cl)nc2I)C(C)(C)C)cc(C)c1=O. The van der Waals surface area contributed by atoms with Gasteiger partial charge >= 0.3 is 5.97 Å². The molecule has 0 N–H and O–H groups in total. The van der Waals surface area contributed by atoms with Gasteiger partial charge in [0.2, 0.25) is 0 Å². The van der Waals surface area contributed by atoms with Crippen molar-refractivity contribution in [1.29, 1.82) is 0 Å². The van der Waals surface area contributed by atoms with Crippen LogP contribution in [0, 0.1) is 16.0 Å². The summed E-state index contributed by atoms with van der Waals surface area (Å²) in [5, 5.41) is 0.316. The van der Waals surface area contributed by atoms with E-state index in [1.807, 2.05) is 10.6 Å². The number of nitrogens with zero attached hydrogens (tertiary/aromatic N) is 2. The Morgan fingerprint density at radius 1 is 1.27 bits per heavy atom. The van der Waals surface area contributed by atoms with E-state index in [9.17, 15) is 9.59 Å². The van der Waals surface area contributed by atoms with Crippen molar-refractivity contribution in [3.05, 3.63) is 54.2 Å². The first-order chi connectivity index (χ1) is 15.5. The van der Waals surface area contributed by atoms with E-state index in [0.29, 0.717) is 36.1 Å². The van der Waals surface area contributed by atoms with Crippen molar-refractivity contribution in [1.82, 2.24) is 9.55 Å². The smallest absolute Gasteiger partial charge is 0.343 e. The van der Waals surface area contributed by atoms with E-state index in [2.05, 4.69) is 48.3 Å². The summed E-state index contributed by atoms with van der Waals surface area (Å²) >= 11 is 8.49. The minimum atomic E-state index is -0.609. The molecule has 182 valence electrons. The molecule has 0 unspecified atom stereocenters. The van der Waals surface area contributed by atoms with E-state index < -0.39 is 5.97 Å². The molecule has 0 saturated carbocycles. The van der Waals surface area contributed by atoms with E-state index in [-0.39, 0.29) is 29.1 Å². The van der Waals surface area contributed by atoms with Gasteiger partial charge in [-0.05, 0) is 59.9 Å². The maximum atomic E-state index is 12.6. The summed E-state index contributed by atoms with van der Waals surface area (Å²) in [4.78, 5) is 29.4. The number of halogens is 2. The number of carbonyl (C=O) groups excluding carboxylic acids is 1. The molecule has 7 nitrogen and oxygen atoms in total. The molecular weight excluding hydrogens is 559 g/mol. The van der Waals surface area contributed by atoms with Crippen molar-refractivity contribution in [3.63, 3.8) is 0 Å². The second-order valence-corrected chi connectivity index (χ2v) is 10.2. The van der Waals surface area contributed by atoms with Gasteiger partial charge in [0.25, 0.3) is 0 Å². The predicted octanol–water partition coefficient (Wildman–Crippen LogP) is 5.23. The molecule has 2 heterocycles. The first kappa shape index (κ1) is 27.6. The average Bonchev–Trinajstić information content (AvgIpc) is 2.73. The largest absolute Gasteiger partial charge is 0.490 e. The van der Waals surface area contributed by atoms with Crippen LogP contribution in [0.1, 0.15) is 61.6 Å². The van der Waals surface area contributed by atoms with Crippen LogP contribution in [-0.2, 0) is 15.9 Å².